The monoisotopic (exact) mass is 208 g/mol. The summed E-state index contributed by atoms with van der Waals surface area (Å²) in [4.78, 5) is 0. The van der Waals surface area contributed by atoms with Crippen LogP contribution in [0.5, 0.6) is 0 Å². The third-order valence-electron chi connectivity index (χ3n) is 3.86. The van der Waals surface area contributed by atoms with E-state index in [1.54, 1.807) is 0 Å². The van der Waals surface area contributed by atoms with Crippen LogP contribution in [0.2, 0.25) is 0 Å². The van der Waals surface area contributed by atoms with Gasteiger partial charge in [-0.25, -0.2) is 0 Å². The van der Waals surface area contributed by atoms with E-state index in [0.717, 1.165) is 5.92 Å². The first-order valence-electron chi connectivity index (χ1n) is 6.46. The van der Waals surface area contributed by atoms with Crippen LogP contribution in [-0.2, 0) is 0 Å². The highest BCUT2D eigenvalue weighted by Crippen LogP contribution is 2.45. The average molecular weight is 208 g/mol. The topological polar surface area (TPSA) is 0 Å². The SMILES string of the molecule is [CH]C1CCC(C(C)(C)CC(C)(C)C)CC1. The fraction of sp³-hybridized carbons (Fsp3) is 0.933. The molecule has 0 heteroatoms. The van der Waals surface area contributed by atoms with Crippen molar-refractivity contribution in [1.29, 1.82) is 0 Å². The molecule has 0 heterocycles. The van der Waals surface area contributed by atoms with Crippen LogP contribution in [0.25, 0.3) is 0 Å². The van der Waals surface area contributed by atoms with Crippen LogP contribution in [0, 0.1) is 29.6 Å². The lowest BCUT2D eigenvalue weighted by Gasteiger charge is -2.42. The smallest absolute Gasteiger partial charge is 0.0318 e. The minimum Gasteiger partial charge on any atom is -0.0602 e. The lowest BCUT2D eigenvalue weighted by molar-refractivity contribution is 0.0910. The van der Waals surface area contributed by atoms with E-state index in [-0.39, 0.29) is 0 Å². The Morgan fingerprint density at radius 1 is 0.933 bits per heavy atom. The highest BCUT2D eigenvalue weighted by Gasteiger charge is 2.34. The summed E-state index contributed by atoms with van der Waals surface area (Å²) in [6, 6.07) is 0. The summed E-state index contributed by atoms with van der Waals surface area (Å²) in [7, 11) is 0. The highest BCUT2D eigenvalue weighted by atomic mass is 14.4. The molecule has 1 aliphatic rings. The largest absolute Gasteiger partial charge is 0.0602 e. The summed E-state index contributed by atoms with van der Waals surface area (Å²) in [5, 5.41) is 0. The molecule has 0 saturated heterocycles. The molecule has 0 nitrogen and oxygen atoms in total. The highest BCUT2D eigenvalue weighted by molar-refractivity contribution is 4.86. The van der Waals surface area contributed by atoms with Crippen molar-refractivity contribution >= 4 is 0 Å². The molecular formula is C15H28. The summed E-state index contributed by atoms with van der Waals surface area (Å²) in [5.74, 6) is 1.36. The Hall–Kier alpha value is 0. The summed E-state index contributed by atoms with van der Waals surface area (Å²) >= 11 is 0. The number of rotatable bonds is 2. The molecule has 0 aromatic carbocycles. The second-order valence-electron chi connectivity index (χ2n) is 7.34. The van der Waals surface area contributed by atoms with Crippen LogP contribution >= 0.6 is 0 Å². The van der Waals surface area contributed by atoms with E-state index in [9.17, 15) is 0 Å². The van der Waals surface area contributed by atoms with E-state index in [1.165, 1.54) is 32.1 Å². The van der Waals surface area contributed by atoms with Crippen LogP contribution in [0.1, 0.15) is 66.7 Å². The lowest BCUT2D eigenvalue weighted by Crippen LogP contribution is -2.31. The van der Waals surface area contributed by atoms with Gasteiger partial charge in [-0.15, -0.1) is 0 Å². The molecule has 0 aliphatic heterocycles. The summed E-state index contributed by atoms with van der Waals surface area (Å²) in [6.45, 7) is 17.9. The third-order valence-corrected chi connectivity index (χ3v) is 3.86. The molecule has 0 spiro atoms. The first-order chi connectivity index (χ1) is 6.71. The van der Waals surface area contributed by atoms with Gasteiger partial charge >= 0.3 is 0 Å². The van der Waals surface area contributed by atoms with E-state index in [2.05, 4.69) is 34.6 Å². The Bertz CT molecular complexity index is 187. The molecule has 1 rings (SSSR count). The summed E-state index contributed by atoms with van der Waals surface area (Å²) in [6.07, 6.45) is 6.46. The van der Waals surface area contributed by atoms with E-state index in [0.29, 0.717) is 16.7 Å². The molecular weight excluding hydrogens is 180 g/mol. The van der Waals surface area contributed by atoms with Gasteiger partial charge in [-0.2, -0.15) is 0 Å². The van der Waals surface area contributed by atoms with Crippen molar-refractivity contribution in [2.24, 2.45) is 22.7 Å². The molecule has 1 aliphatic carbocycles. The Morgan fingerprint density at radius 2 is 1.40 bits per heavy atom. The van der Waals surface area contributed by atoms with Crippen molar-refractivity contribution in [3.63, 3.8) is 0 Å². The van der Waals surface area contributed by atoms with Gasteiger partial charge < -0.3 is 0 Å². The maximum Gasteiger partial charge on any atom is -0.0318 e. The fourth-order valence-corrected chi connectivity index (χ4v) is 3.41. The van der Waals surface area contributed by atoms with Crippen LogP contribution in [-0.4, -0.2) is 0 Å². The van der Waals surface area contributed by atoms with Gasteiger partial charge in [-0.1, -0.05) is 34.6 Å². The molecule has 2 radical (unpaired) electrons. The molecule has 0 bridgehead atoms. The zero-order valence-electron chi connectivity index (χ0n) is 11.3. The van der Waals surface area contributed by atoms with Gasteiger partial charge in [0.05, 0.1) is 0 Å². The van der Waals surface area contributed by atoms with Crippen molar-refractivity contribution in [3.05, 3.63) is 6.92 Å². The van der Waals surface area contributed by atoms with Crippen LogP contribution in [0.3, 0.4) is 0 Å². The van der Waals surface area contributed by atoms with Crippen LogP contribution < -0.4 is 0 Å². The Kier molecular flexibility index (Phi) is 3.90. The minimum atomic E-state index is 0.447. The normalized spacial score (nSPS) is 29.2. The van der Waals surface area contributed by atoms with Crippen molar-refractivity contribution in [2.45, 2.75) is 66.7 Å². The maximum atomic E-state index is 5.97. The number of hydrogen-bond acceptors (Lipinski definition) is 0. The lowest BCUT2D eigenvalue weighted by atomic mass is 9.63. The molecule has 0 unspecified atom stereocenters. The van der Waals surface area contributed by atoms with Crippen LogP contribution in [0.4, 0.5) is 0 Å². The summed E-state index contributed by atoms with van der Waals surface area (Å²) < 4.78 is 0. The Labute approximate surface area is 96.8 Å². The van der Waals surface area contributed by atoms with Gasteiger partial charge in [0, 0.05) is 0 Å². The van der Waals surface area contributed by atoms with Gasteiger partial charge in [-0.3, -0.25) is 0 Å². The van der Waals surface area contributed by atoms with E-state index in [4.69, 9.17) is 6.92 Å². The predicted octanol–water partition coefficient (Wildman–Crippen LogP) is 4.97. The standard InChI is InChI=1S/C15H28/c1-12-7-9-13(10-8-12)15(5,6)11-14(2,3)4/h1,12-13H,7-11H2,2-6H3. The maximum absolute atomic E-state index is 5.97. The predicted molar refractivity (Wildman–Crippen MR) is 67.6 cm³/mol. The van der Waals surface area contributed by atoms with Gasteiger partial charge in [0.25, 0.3) is 0 Å². The second-order valence-corrected chi connectivity index (χ2v) is 7.34. The molecule has 0 amide bonds. The Balaban J connectivity index is 2.54. The number of hydrogen-bond donors (Lipinski definition) is 0. The minimum absolute atomic E-state index is 0.447. The van der Waals surface area contributed by atoms with Crippen LogP contribution in [0.15, 0.2) is 0 Å². The van der Waals surface area contributed by atoms with Gasteiger partial charge in [-0.05, 0) is 61.7 Å². The molecule has 0 aromatic rings. The van der Waals surface area contributed by atoms with Crippen molar-refractivity contribution < 1.29 is 0 Å². The molecule has 88 valence electrons. The quantitative estimate of drug-likeness (QED) is 0.601. The zero-order chi connectivity index (χ0) is 11.7. The van der Waals surface area contributed by atoms with Gasteiger partial charge in [0.15, 0.2) is 0 Å². The van der Waals surface area contributed by atoms with Crippen molar-refractivity contribution in [1.82, 2.24) is 0 Å². The van der Waals surface area contributed by atoms with Gasteiger partial charge in [0.2, 0.25) is 0 Å². The fourth-order valence-electron chi connectivity index (χ4n) is 3.41. The first kappa shape index (κ1) is 13.1. The van der Waals surface area contributed by atoms with E-state index >= 15 is 0 Å². The summed E-state index contributed by atoms with van der Waals surface area (Å²) in [5.41, 5.74) is 0.932. The Morgan fingerprint density at radius 3 is 1.80 bits per heavy atom. The van der Waals surface area contributed by atoms with Crippen molar-refractivity contribution in [2.75, 3.05) is 0 Å². The molecule has 15 heavy (non-hydrogen) atoms. The zero-order valence-corrected chi connectivity index (χ0v) is 11.3. The second kappa shape index (κ2) is 4.47. The third kappa shape index (κ3) is 4.17. The average Bonchev–Trinajstić information content (AvgIpc) is 2.00. The van der Waals surface area contributed by atoms with Gasteiger partial charge in [0.1, 0.15) is 0 Å². The molecule has 0 N–H and O–H groups in total. The van der Waals surface area contributed by atoms with E-state index in [1.807, 2.05) is 0 Å². The van der Waals surface area contributed by atoms with E-state index < -0.39 is 0 Å². The molecule has 1 saturated carbocycles. The first-order valence-corrected chi connectivity index (χ1v) is 6.46. The molecule has 0 atom stereocenters. The molecule has 1 fully saturated rings. The molecule has 0 aromatic heterocycles. The van der Waals surface area contributed by atoms with Crippen molar-refractivity contribution in [3.8, 4) is 0 Å².